The molecule has 2 bridgehead atoms. The molecule has 4 aliphatic rings. The van der Waals surface area contributed by atoms with Crippen molar-refractivity contribution in [3.8, 4) is 0 Å². The van der Waals surface area contributed by atoms with Gasteiger partial charge in [0.25, 0.3) is 0 Å². The Kier molecular flexibility index (Phi) is 8.19. The van der Waals surface area contributed by atoms with Crippen molar-refractivity contribution in [3.05, 3.63) is 77.9 Å². The predicted octanol–water partition coefficient (Wildman–Crippen LogP) is 4.06. The zero-order chi connectivity index (χ0) is 29.3. The van der Waals surface area contributed by atoms with Crippen LogP contribution >= 0.6 is 0 Å². The summed E-state index contributed by atoms with van der Waals surface area (Å²) in [5, 5.41) is 6.27. The standard InChI is InChI=1S/C34H42N4O4/c1-23-14-16-26(17-15-23)35-31(39)28-27-18-19-34(42-27)29(28)33(41)38(30(34)32(40)36-25-12-7-4-8-13-25)21-9-20-37(2)22-24-10-5-3-6-11-24/h3,5-6,10-11,14-19,25,27-30H,4,7-9,12-13,20-22H2,1-2H3,(H,35,39)(H,36,40)/t27-,28+,29-,30-,34-/m1/s1. The summed E-state index contributed by atoms with van der Waals surface area (Å²) in [5.41, 5.74) is 1.88. The van der Waals surface area contributed by atoms with Crippen LogP contribution in [0.5, 0.6) is 0 Å². The third-order valence-corrected chi connectivity index (χ3v) is 9.43. The molecule has 8 nitrogen and oxygen atoms in total. The molecule has 2 aromatic carbocycles. The van der Waals surface area contributed by atoms with E-state index in [-0.39, 0.29) is 23.8 Å². The highest BCUT2D eigenvalue weighted by atomic mass is 16.5. The number of benzene rings is 2. The van der Waals surface area contributed by atoms with Crippen LogP contribution in [0.4, 0.5) is 5.69 Å². The Hall–Kier alpha value is -3.49. The lowest BCUT2D eigenvalue weighted by Gasteiger charge is -2.34. The number of nitrogens with zero attached hydrogens (tertiary/aromatic N) is 2. The molecule has 5 atom stereocenters. The van der Waals surface area contributed by atoms with Gasteiger partial charge in [0.15, 0.2) is 0 Å². The van der Waals surface area contributed by atoms with E-state index in [1.807, 2.05) is 61.5 Å². The summed E-state index contributed by atoms with van der Waals surface area (Å²) in [4.78, 5) is 45.8. The molecule has 42 heavy (non-hydrogen) atoms. The fourth-order valence-corrected chi connectivity index (χ4v) is 7.38. The third kappa shape index (κ3) is 5.50. The number of nitrogens with one attached hydrogen (secondary N) is 2. The number of aryl methyl sites for hydroxylation is 1. The molecular formula is C34H42N4O4. The van der Waals surface area contributed by atoms with E-state index in [1.54, 1.807) is 4.90 Å². The van der Waals surface area contributed by atoms with Crippen LogP contribution in [0.2, 0.25) is 0 Å². The van der Waals surface area contributed by atoms with Crippen LogP contribution in [-0.2, 0) is 25.7 Å². The van der Waals surface area contributed by atoms with Crippen molar-refractivity contribution >= 4 is 23.4 Å². The Labute approximate surface area is 248 Å². The van der Waals surface area contributed by atoms with E-state index in [4.69, 9.17) is 4.74 Å². The van der Waals surface area contributed by atoms with Gasteiger partial charge in [0.2, 0.25) is 17.7 Å². The van der Waals surface area contributed by atoms with Gasteiger partial charge in [-0.2, -0.15) is 0 Å². The number of fused-ring (bicyclic) bond motifs is 1. The number of hydrogen-bond donors (Lipinski definition) is 2. The van der Waals surface area contributed by atoms with E-state index in [0.717, 1.165) is 44.3 Å². The number of anilines is 1. The topological polar surface area (TPSA) is 91.0 Å². The highest BCUT2D eigenvalue weighted by Crippen LogP contribution is 2.55. The molecule has 3 amide bonds. The molecule has 1 saturated carbocycles. The summed E-state index contributed by atoms with van der Waals surface area (Å²) < 4.78 is 6.50. The zero-order valence-corrected chi connectivity index (χ0v) is 24.6. The van der Waals surface area contributed by atoms with Crippen LogP contribution in [0.15, 0.2) is 66.7 Å². The van der Waals surface area contributed by atoms with Crippen molar-refractivity contribution in [2.24, 2.45) is 11.8 Å². The average molecular weight is 571 g/mol. The number of carbonyl (C=O) groups is 3. The van der Waals surface area contributed by atoms with Gasteiger partial charge in [-0.1, -0.05) is 79.4 Å². The van der Waals surface area contributed by atoms with Crippen molar-refractivity contribution in [2.45, 2.75) is 75.8 Å². The molecule has 0 unspecified atom stereocenters. The molecule has 0 radical (unpaired) electrons. The normalized spacial score (nSPS) is 28.4. The lowest BCUT2D eigenvalue weighted by molar-refractivity contribution is -0.141. The third-order valence-electron chi connectivity index (χ3n) is 9.43. The monoisotopic (exact) mass is 570 g/mol. The molecular weight excluding hydrogens is 528 g/mol. The van der Waals surface area contributed by atoms with Gasteiger partial charge < -0.3 is 25.2 Å². The van der Waals surface area contributed by atoms with Gasteiger partial charge in [-0.15, -0.1) is 0 Å². The highest BCUT2D eigenvalue weighted by molar-refractivity contribution is 6.02. The summed E-state index contributed by atoms with van der Waals surface area (Å²) in [6.07, 6.45) is 9.23. The largest absolute Gasteiger partial charge is 0.359 e. The van der Waals surface area contributed by atoms with E-state index in [9.17, 15) is 14.4 Å². The van der Waals surface area contributed by atoms with Crippen molar-refractivity contribution < 1.29 is 19.1 Å². The second-order valence-corrected chi connectivity index (χ2v) is 12.5. The molecule has 2 aromatic rings. The van der Waals surface area contributed by atoms with E-state index in [0.29, 0.717) is 18.7 Å². The maximum atomic E-state index is 14.2. The Morgan fingerprint density at radius 2 is 1.76 bits per heavy atom. The second-order valence-electron chi connectivity index (χ2n) is 12.5. The zero-order valence-electron chi connectivity index (χ0n) is 24.6. The molecule has 2 N–H and O–H groups in total. The second kappa shape index (κ2) is 12.0. The maximum absolute atomic E-state index is 14.2. The van der Waals surface area contributed by atoms with Crippen molar-refractivity contribution in [2.75, 3.05) is 25.5 Å². The van der Waals surface area contributed by atoms with Crippen molar-refractivity contribution in [1.29, 1.82) is 0 Å². The number of amides is 3. The molecule has 3 fully saturated rings. The van der Waals surface area contributed by atoms with E-state index < -0.39 is 29.6 Å². The van der Waals surface area contributed by atoms with Crippen LogP contribution in [-0.4, -0.2) is 71.4 Å². The lowest BCUT2D eigenvalue weighted by Crippen LogP contribution is -2.56. The quantitative estimate of drug-likeness (QED) is 0.421. The number of likely N-dealkylation sites (tertiary alicyclic amines) is 1. The van der Waals surface area contributed by atoms with Gasteiger partial charge in [-0.3, -0.25) is 14.4 Å². The fraction of sp³-hybridized carbons (Fsp3) is 0.500. The number of ether oxygens (including phenoxy) is 1. The van der Waals surface area contributed by atoms with Gasteiger partial charge in [0.1, 0.15) is 11.6 Å². The van der Waals surface area contributed by atoms with Crippen molar-refractivity contribution in [1.82, 2.24) is 15.1 Å². The molecule has 222 valence electrons. The van der Waals surface area contributed by atoms with Gasteiger partial charge in [-0.25, -0.2) is 0 Å². The fourth-order valence-electron chi connectivity index (χ4n) is 7.38. The van der Waals surface area contributed by atoms with E-state index in [1.165, 1.54) is 12.0 Å². The molecule has 6 rings (SSSR count). The molecule has 1 spiro atoms. The Bertz CT molecular complexity index is 1320. The summed E-state index contributed by atoms with van der Waals surface area (Å²) in [6, 6.07) is 17.2. The van der Waals surface area contributed by atoms with E-state index >= 15 is 0 Å². The number of rotatable bonds is 10. The minimum Gasteiger partial charge on any atom is -0.359 e. The summed E-state index contributed by atoms with van der Waals surface area (Å²) in [6.45, 7) is 3.99. The molecule has 1 aliphatic carbocycles. The van der Waals surface area contributed by atoms with Crippen LogP contribution in [0, 0.1) is 18.8 Å². The minimum absolute atomic E-state index is 0.110. The van der Waals surface area contributed by atoms with E-state index in [2.05, 4.69) is 34.7 Å². The van der Waals surface area contributed by atoms with Gasteiger partial charge >= 0.3 is 0 Å². The molecule has 8 heteroatoms. The van der Waals surface area contributed by atoms with Gasteiger partial charge in [0.05, 0.1) is 17.9 Å². The summed E-state index contributed by atoms with van der Waals surface area (Å²) >= 11 is 0. The van der Waals surface area contributed by atoms with Crippen LogP contribution in [0.3, 0.4) is 0 Å². The predicted molar refractivity (Wildman–Crippen MR) is 161 cm³/mol. The molecule has 3 heterocycles. The van der Waals surface area contributed by atoms with Gasteiger partial charge in [0, 0.05) is 24.8 Å². The number of carbonyl (C=O) groups excluding carboxylic acids is 3. The Morgan fingerprint density at radius 3 is 2.50 bits per heavy atom. The van der Waals surface area contributed by atoms with Gasteiger partial charge in [-0.05, 0) is 57.5 Å². The molecule has 2 saturated heterocycles. The summed E-state index contributed by atoms with van der Waals surface area (Å²) in [7, 11) is 2.07. The number of hydrogen-bond acceptors (Lipinski definition) is 5. The maximum Gasteiger partial charge on any atom is 0.246 e. The SMILES string of the molecule is Cc1ccc(NC(=O)[C@H]2[C@H]3C=C[C@@]4(O3)[C@H]2C(=O)N(CCCN(C)Cc2ccccc2)[C@@H]4C(=O)NC2CCCCC2)cc1. The van der Waals surface area contributed by atoms with Crippen LogP contribution in [0.1, 0.15) is 49.7 Å². The highest BCUT2D eigenvalue weighted by Gasteiger charge is 2.72. The first-order chi connectivity index (χ1) is 20.4. The van der Waals surface area contributed by atoms with Crippen molar-refractivity contribution in [3.63, 3.8) is 0 Å². The first-order valence-corrected chi connectivity index (χ1v) is 15.4. The lowest BCUT2D eigenvalue weighted by atomic mass is 9.74. The molecule has 3 aliphatic heterocycles. The van der Waals surface area contributed by atoms with Crippen LogP contribution in [0.25, 0.3) is 0 Å². The Morgan fingerprint density at radius 1 is 1.02 bits per heavy atom. The first kappa shape index (κ1) is 28.6. The molecule has 0 aromatic heterocycles. The van der Waals surface area contributed by atoms with Crippen LogP contribution < -0.4 is 10.6 Å². The minimum atomic E-state index is -1.13. The Balaban J connectivity index is 1.21. The summed E-state index contributed by atoms with van der Waals surface area (Å²) in [5.74, 6) is -2.01. The first-order valence-electron chi connectivity index (χ1n) is 15.4. The smallest absolute Gasteiger partial charge is 0.246 e. The average Bonchev–Trinajstić information content (AvgIpc) is 3.63.